The van der Waals surface area contributed by atoms with E-state index in [1.54, 1.807) is 12.1 Å². The molecule has 1 saturated heterocycles. The van der Waals surface area contributed by atoms with E-state index in [1.807, 2.05) is 6.92 Å². The van der Waals surface area contributed by atoms with E-state index in [1.165, 1.54) is 18.2 Å². The molecule has 8 heteroatoms. The summed E-state index contributed by atoms with van der Waals surface area (Å²) < 4.78 is 42.1. The lowest BCUT2D eigenvalue weighted by Gasteiger charge is -2.38. The lowest BCUT2D eigenvalue weighted by atomic mass is 9.70. The first-order valence-electron chi connectivity index (χ1n) is 11.5. The highest BCUT2D eigenvalue weighted by Gasteiger charge is 2.39. The third-order valence-electron chi connectivity index (χ3n) is 7.32. The summed E-state index contributed by atoms with van der Waals surface area (Å²) in [7, 11) is 0. The smallest absolute Gasteiger partial charge is 0.227 e. The number of fused-ring (bicyclic) bond motifs is 1. The first kappa shape index (κ1) is 22.5. The van der Waals surface area contributed by atoms with Crippen molar-refractivity contribution in [3.8, 4) is 11.3 Å². The molecule has 5 rings (SSSR count). The quantitative estimate of drug-likeness (QED) is 0.503. The minimum absolute atomic E-state index is 0.0318. The molecular weight excluding hydrogens is 443 g/mol. The highest BCUT2D eigenvalue weighted by Crippen LogP contribution is 2.48. The van der Waals surface area contributed by atoms with E-state index in [0.717, 1.165) is 24.5 Å². The SMILES string of the molecule is CC1(C(=O)NC[C@H]2C[C@@H](c3c(-c4ccc(F)cc4)[nH]c4c(F)cc(F)cc43)C2)CCC(=O)NC1. The summed E-state index contributed by atoms with van der Waals surface area (Å²) in [5, 5.41) is 6.28. The number of aromatic nitrogens is 1. The van der Waals surface area contributed by atoms with Crippen LogP contribution in [0.15, 0.2) is 36.4 Å². The number of carbonyl (C=O) groups is 2. The summed E-state index contributed by atoms with van der Waals surface area (Å²) in [6.07, 6.45) is 2.38. The van der Waals surface area contributed by atoms with Gasteiger partial charge in [0.15, 0.2) is 0 Å². The number of carbonyl (C=O) groups excluding carboxylic acids is 2. The Kier molecular flexibility index (Phi) is 5.62. The summed E-state index contributed by atoms with van der Waals surface area (Å²) in [6.45, 7) is 2.70. The Morgan fingerprint density at radius 2 is 1.85 bits per heavy atom. The zero-order valence-corrected chi connectivity index (χ0v) is 18.8. The number of piperidine rings is 1. The third-order valence-corrected chi connectivity index (χ3v) is 7.32. The number of H-pyrrole nitrogens is 1. The molecule has 3 aromatic rings. The lowest BCUT2D eigenvalue weighted by molar-refractivity contribution is -0.134. The van der Waals surface area contributed by atoms with Crippen LogP contribution in [0, 0.1) is 28.8 Å². The standard InChI is InChI=1S/C26H26F3N3O2/c1-26(7-6-21(33)31-13-26)25(34)30-12-14-8-16(9-14)22-19-10-18(28)11-20(29)24(19)32-23(22)15-2-4-17(27)5-3-15/h2-5,10-11,14,16,32H,6-9,12-13H2,1H3,(H,30,34)(H,31,33)/t14-,16+,26?. The number of amides is 2. The van der Waals surface area contributed by atoms with Gasteiger partial charge in [0.05, 0.1) is 16.6 Å². The molecule has 34 heavy (non-hydrogen) atoms. The van der Waals surface area contributed by atoms with E-state index >= 15 is 0 Å². The number of halogens is 3. The Bertz CT molecular complexity index is 1250. The van der Waals surface area contributed by atoms with Gasteiger partial charge in [0.25, 0.3) is 0 Å². The second kappa shape index (κ2) is 8.49. The molecule has 1 saturated carbocycles. The highest BCUT2D eigenvalue weighted by atomic mass is 19.1. The van der Waals surface area contributed by atoms with Crippen LogP contribution in [0.2, 0.25) is 0 Å². The number of benzene rings is 2. The zero-order chi connectivity index (χ0) is 24.0. The van der Waals surface area contributed by atoms with E-state index in [0.29, 0.717) is 42.6 Å². The predicted octanol–water partition coefficient (Wildman–Crippen LogP) is 4.78. The minimum atomic E-state index is -0.666. The highest BCUT2D eigenvalue weighted by molar-refractivity contribution is 5.92. The van der Waals surface area contributed by atoms with Crippen molar-refractivity contribution in [2.75, 3.05) is 13.1 Å². The molecule has 0 bridgehead atoms. The van der Waals surface area contributed by atoms with Crippen LogP contribution in [-0.4, -0.2) is 29.9 Å². The van der Waals surface area contributed by atoms with Crippen molar-refractivity contribution in [2.45, 2.75) is 38.5 Å². The number of rotatable bonds is 5. The Labute approximate surface area is 195 Å². The van der Waals surface area contributed by atoms with E-state index < -0.39 is 17.0 Å². The van der Waals surface area contributed by atoms with Crippen molar-refractivity contribution in [2.24, 2.45) is 11.3 Å². The van der Waals surface area contributed by atoms with Crippen molar-refractivity contribution in [1.82, 2.24) is 15.6 Å². The normalized spacial score (nSPS) is 24.5. The van der Waals surface area contributed by atoms with Crippen LogP contribution in [0.5, 0.6) is 0 Å². The van der Waals surface area contributed by atoms with Gasteiger partial charge >= 0.3 is 0 Å². The number of hydrogen-bond acceptors (Lipinski definition) is 2. The maximum Gasteiger partial charge on any atom is 0.227 e. The van der Waals surface area contributed by atoms with Gasteiger partial charge in [-0.25, -0.2) is 13.2 Å². The average Bonchev–Trinajstić information content (AvgIpc) is 3.14. The molecule has 5 nitrogen and oxygen atoms in total. The molecule has 2 aliphatic rings. The van der Waals surface area contributed by atoms with Gasteiger partial charge in [-0.05, 0) is 79.5 Å². The molecule has 0 spiro atoms. The Morgan fingerprint density at radius 1 is 1.12 bits per heavy atom. The first-order chi connectivity index (χ1) is 16.2. The first-order valence-corrected chi connectivity index (χ1v) is 11.5. The zero-order valence-electron chi connectivity index (χ0n) is 18.8. The van der Waals surface area contributed by atoms with Crippen LogP contribution < -0.4 is 10.6 Å². The van der Waals surface area contributed by atoms with Crippen molar-refractivity contribution in [1.29, 1.82) is 0 Å². The van der Waals surface area contributed by atoms with Gasteiger partial charge in [-0.3, -0.25) is 9.59 Å². The molecule has 1 unspecified atom stereocenters. The summed E-state index contributed by atoms with van der Waals surface area (Å²) >= 11 is 0. The molecule has 1 atom stereocenters. The van der Waals surface area contributed by atoms with Gasteiger partial charge in [-0.1, -0.05) is 0 Å². The average molecular weight is 470 g/mol. The molecular formula is C26H26F3N3O2. The number of aromatic amines is 1. The van der Waals surface area contributed by atoms with Crippen LogP contribution in [0.25, 0.3) is 22.2 Å². The second-order valence-electron chi connectivity index (χ2n) is 9.81. The van der Waals surface area contributed by atoms with Crippen LogP contribution in [-0.2, 0) is 9.59 Å². The molecule has 2 fully saturated rings. The van der Waals surface area contributed by atoms with Gasteiger partial charge in [-0.2, -0.15) is 0 Å². The lowest BCUT2D eigenvalue weighted by Crippen LogP contribution is -2.51. The fourth-order valence-corrected chi connectivity index (χ4v) is 5.15. The molecule has 2 aromatic carbocycles. The molecule has 3 N–H and O–H groups in total. The summed E-state index contributed by atoms with van der Waals surface area (Å²) in [4.78, 5) is 27.2. The van der Waals surface area contributed by atoms with Gasteiger partial charge in [0, 0.05) is 31.0 Å². The van der Waals surface area contributed by atoms with Crippen molar-refractivity contribution in [3.05, 3.63) is 59.4 Å². The van der Waals surface area contributed by atoms with Gasteiger partial charge < -0.3 is 15.6 Å². The van der Waals surface area contributed by atoms with Crippen molar-refractivity contribution in [3.63, 3.8) is 0 Å². The molecule has 2 heterocycles. The van der Waals surface area contributed by atoms with Gasteiger partial charge in [0.2, 0.25) is 11.8 Å². The van der Waals surface area contributed by atoms with Gasteiger partial charge in [-0.15, -0.1) is 0 Å². The number of hydrogen-bond donors (Lipinski definition) is 3. The molecule has 178 valence electrons. The fraction of sp³-hybridized carbons (Fsp3) is 0.385. The third kappa shape index (κ3) is 4.06. The Balaban J connectivity index is 1.33. The Hall–Kier alpha value is -3.29. The maximum absolute atomic E-state index is 14.5. The topological polar surface area (TPSA) is 74.0 Å². The molecule has 1 aromatic heterocycles. The second-order valence-corrected chi connectivity index (χ2v) is 9.81. The monoisotopic (exact) mass is 469 g/mol. The van der Waals surface area contributed by atoms with Crippen LogP contribution >= 0.6 is 0 Å². The van der Waals surface area contributed by atoms with Crippen LogP contribution in [0.1, 0.15) is 44.1 Å². The van der Waals surface area contributed by atoms with Crippen molar-refractivity contribution >= 4 is 22.7 Å². The predicted molar refractivity (Wildman–Crippen MR) is 122 cm³/mol. The van der Waals surface area contributed by atoms with E-state index in [4.69, 9.17) is 0 Å². The van der Waals surface area contributed by atoms with E-state index in [9.17, 15) is 22.8 Å². The maximum atomic E-state index is 14.5. The summed E-state index contributed by atoms with van der Waals surface area (Å²) in [5.74, 6) is -1.49. The fourth-order valence-electron chi connectivity index (χ4n) is 5.15. The van der Waals surface area contributed by atoms with E-state index in [-0.39, 0.29) is 35.0 Å². The molecule has 2 amide bonds. The van der Waals surface area contributed by atoms with Crippen LogP contribution in [0.4, 0.5) is 13.2 Å². The largest absolute Gasteiger partial charge is 0.355 e. The summed E-state index contributed by atoms with van der Waals surface area (Å²) in [5.41, 5.74) is 1.82. The van der Waals surface area contributed by atoms with Crippen LogP contribution in [0.3, 0.4) is 0 Å². The number of nitrogens with one attached hydrogen (secondary N) is 3. The van der Waals surface area contributed by atoms with E-state index in [2.05, 4.69) is 15.6 Å². The van der Waals surface area contributed by atoms with Crippen molar-refractivity contribution < 1.29 is 22.8 Å². The molecule has 1 aliphatic carbocycles. The summed E-state index contributed by atoms with van der Waals surface area (Å²) in [6, 6.07) is 8.12. The molecule has 0 radical (unpaired) electrons. The minimum Gasteiger partial charge on any atom is -0.355 e. The van der Waals surface area contributed by atoms with Gasteiger partial charge in [0.1, 0.15) is 17.5 Å². The molecule has 1 aliphatic heterocycles. The Morgan fingerprint density at radius 3 is 2.53 bits per heavy atom.